The highest BCUT2D eigenvalue weighted by molar-refractivity contribution is 9.10. The summed E-state index contributed by atoms with van der Waals surface area (Å²) < 4.78 is 11.9. The Hall–Kier alpha value is -2.65. The predicted molar refractivity (Wildman–Crippen MR) is 132 cm³/mol. The fraction of sp³-hybridized carbons (Fsp3) is 0.348. The summed E-state index contributed by atoms with van der Waals surface area (Å²) in [6, 6.07) is 12.5. The molecular formula is C23H28BrN3O4S. The molecule has 0 saturated heterocycles. The van der Waals surface area contributed by atoms with Crippen LogP contribution < -0.4 is 25.6 Å². The average Bonchev–Trinajstić information content (AvgIpc) is 2.76. The lowest BCUT2D eigenvalue weighted by molar-refractivity contribution is -0.123. The maximum atomic E-state index is 12.4. The van der Waals surface area contributed by atoms with Gasteiger partial charge in [0.1, 0.15) is 11.5 Å². The van der Waals surface area contributed by atoms with Crippen molar-refractivity contribution in [3.05, 3.63) is 58.1 Å². The molecule has 2 aromatic rings. The normalized spacial score (nSPS) is 10.4. The lowest BCUT2D eigenvalue weighted by Crippen LogP contribution is -2.49. The molecule has 3 N–H and O–H groups in total. The first-order chi connectivity index (χ1) is 15.3. The Morgan fingerprint density at radius 1 is 1.09 bits per heavy atom. The number of carbonyl (C=O) groups is 2. The molecule has 172 valence electrons. The molecule has 0 aromatic heterocycles. The van der Waals surface area contributed by atoms with Gasteiger partial charge in [-0.25, -0.2) is 0 Å². The lowest BCUT2D eigenvalue weighted by Gasteiger charge is -2.13. The molecule has 2 rings (SSSR count). The van der Waals surface area contributed by atoms with E-state index >= 15 is 0 Å². The number of carbonyl (C=O) groups excluding carboxylic acids is 2. The highest BCUT2D eigenvalue weighted by Gasteiger charge is 2.11. The van der Waals surface area contributed by atoms with Gasteiger partial charge in [-0.15, -0.1) is 0 Å². The van der Waals surface area contributed by atoms with E-state index in [2.05, 4.69) is 52.9 Å². The summed E-state index contributed by atoms with van der Waals surface area (Å²) in [5.74, 6) is 0.842. The summed E-state index contributed by atoms with van der Waals surface area (Å²) in [7, 11) is 0. The monoisotopic (exact) mass is 521 g/mol. The molecule has 0 radical (unpaired) electrons. The molecule has 0 saturated carbocycles. The van der Waals surface area contributed by atoms with Crippen LogP contribution in [0.5, 0.6) is 11.5 Å². The number of ether oxygens (including phenoxy) is 2. The van der Waals surface area contributed by atoms with Crippen molar-refractivity contribution in [2.45, 2.75) is 33.6 Å². The van der Waals surface area contributed by atoms with Gasteiger partial charge in [-0.3, -0.25) is 25.8 Å². The van der Waals surface area contributed by atoms with E-state index in [9.17, 15) is 9.59 Å². The first-order valence-corrected chi connectivity index (χ1v) is 11.5. The summed E-state index contributed by atoms with van der Waals surface area (Å²) in [5, 5.41) is 2.47. The summed E-state index contributed by atoms with van der Waals surface area (Å²) in [5.41, 5.74) is 6.43. The van der Waals surface area contributed by atoms with E-state index in [1.807, 2.05) is 12.1 Å². The van der Waals surface area contributed by atoms with Crippen LogP contribution >= 0.6 is 28.1 Å². The van der Waals surface area contributed by atoms with Crippen LogP contribution in [-0.4, -0.2) is 30.1 Å². The number of thiocarbonyl (C=S) groups is 1. The first-order valence-electron chi connectivity index (χ1n) is 10.3. The Kier molecular flexibility index (Phi) is 10.4. The van der Waals surface area contributed by atoms with Crippen molar-refractivity contribution in [1.29, 1.82) is 0 Å². The number of benzene rings is 2. The second-order valence-corrected chi connectivity index (χ2v) is 8.68. The third-order valence-electron chi connectivity index (χ3n) is 4.37. The number of amides is 2. The minimum Gasteiger partial charge on any atom is -0.494 e. The minimum absolute atomic E-state index is 0.0389. The van der Waals surface area contributed by atoms with Crippen molar-refractivity contribution in [2.24, 2.45) is 5.92 Å². The Morgan fingerprint density at radius 2 is 1.88 bits per heavy atom. The number of nitrogens with one attached hydrogen (secondary N) is 3. The van der Waals surface area contributed by atoms with Crippen LogP contribution in [0.3, 0.4) is 0 Å². The molecule has 7 nitrogen and oxygen atoms in total. The quantitative estimate of drug-likeness (QED) is 0.339. The Bertz CT molecular complexity index is 953. The van der Waals surface area contributed by atoms with Crippen molar-refractivity contribution in [3.8, 4) is 11.5 Å². The van der Waals surface area contributed by atoms with Gasteiger partial charge in [0, 0.05) is 5.56 Å². The Balaban J connectivity index is 1.76. The molecule has 0 unspecified atom stereocenters. The van der Waals surface area contributed by atoms with Crippen molar-refractivity contribution < 1.29 is 19.1 Å². The Morgan fingerprint density at radius 3 is 2.56 bits per heavy atom. The smallest absolute Gasteiger partial charge is 0.276 e. The lowest BCUT2D eigenvalue weighted by atomic mass is 10.1. The second kappa shape index (κ2) is 13.0. The number of aryl methyl sites for hydroxylation is 1. The van der Waals surface area contributed by atoms with E-state index in [0.717, 1.165) is 22.9 Å². The fourth-order valence-electron chi connectivity index (χ4n) is 2.53. The van der Waals surface area contributed by atoms with E-state index in [1.165, 1.54) is 0 Å². The largest absolute Gasteiger partial charge is 0.494 e. The molecule has 0 aliphatic rings. The van der Waals surface area contributed by atoms with Crippen LogP contribution in [0.4, 0.5) is 0 Å². The van der Waals surface area contributed by atoms with Gasteiger partial charge in [-0.2, -0.15) is 0 Å². The number of hydrazine groups is 1. The van der Waals surface area contributed by atoms with Crippen LogP contribution in [0.15, 0.2) is 46.9 Å². The molecule has 0 heterocycles. The zero-order valence-electron chi connectivity index (χ0n) is 18.4. The van der Waals surface area contributed by atoms with E-state index in [-0.39, 0.29) is 11.7 Å². The van der Waals surface area contributed by atoms with Crippen LogP contribution in [-0.2, 0) is 11.2 Å². The van der Waals surface area contributed by atoms with Gasteiger partial charge in [0.25, 0.3) is 11.8 Å². The highest BCUT2D eigenvalue weighted by atomic mass is 79.9. The molecule has 32 heavy (non-hydrogen) atoms. The van der Waals surface area contributed by atoms with Crippen molar-refractivity contribution in [2.75, 3.05) is 13.2 Å². The molecule has 0 atom stereocenters. The Labute approximate surface area is 202 Å². The van der Waals surface area contributed by atoms with E-state index in [0.29, 0.717) is 29.6 Å². The molecule has 0 aliphatic heterocycles. The third kappa shape index (κ3) is 8.84. The predicted octanol–water partition coefficient (Wildman–Crippen LogP) is 4.15. The molecule has 0 bridgehead atoms. The molecule has 2 amide bonds. The second-order valence-electron chi connectivity index (χ2n) is 7.42. The molecule has 0 fully saturated rings. The first kappa shape index (κ1) is 25.6. The van der Waals surface area contributed by atoms with Crippen LogP contribution in [0, 0.1) is 5.92 Å². The molecular weight excluding hydrogens is 494 g/mol. The van der Waals surface area contributed by atoms with E-state index in [4.69, 9.17) is 21.7 Å². The number of hydrogen-bond donors (Lipinski definition) is 3. The van der Waals surface area contributed by atoms with E-state index in [1.54, 1.807) is 30.3 Å². The summed E-state index contributed by atoms with van der Waals surface area (Å²) in [6.07, 6.45) is 1.83. The van der Waals surface area contributed by atoms with Crippen molar-refractivity contribution in [3.63, 3.8) is 0 Å². The van der Waals surface area contributed by atoms with Crippen molar-refractivity contribution >= 4 is 45.1 Å². The van der Waals surface area contributed by atoms with Crippen LogP contribution in [0.25, 0.3) is 0 Å². The fourth-order valence-corrected chi connectivity index (χ4v) is 3.22. The highest BCUT2D eigenvalue weighted by Crippen LogP contribution is 2.26. The van der Waals surface area contributed by atoms with Gasteiger partial charge in [-0.05, 0) is 82.8 Å². The van der Waals surface area contributed by atoms with Gasteiger partial charge in [0.05, 0.1) is 11.1 Å². The van der Waals surface area contributed by atoms with Crippen molar-refractivity contribution in [1.82, 2.24) is 16.2 Å². The molecule has 2 aromatic carbocycles. The summed E-state index contributed by atoms with van der Waals surface area (Å²) in [6.45, 7) is 6.66. The van der Waals surface area contributed by atoms with Gasteiger partial charge in [-0.1, -0.05) is 32.9 Å². The topological polar surface area (TPSA) is 88.7 Å². The zero-order chi connectivity index (χ0) is 23.5. The SMILES string of the molecule is CCc1ccc(OCC(=O)NNC(=S)NC(=O)c2cccc(OCCC(C)C)c2)c(Br)c1. The minimum atomic E-state index is -0.450. The number of halogens is 1. The molecule has 0 aliphatic carbocycles. The summed E-state index contributed by atoms with van der Waals surface area (Å²) in [4.78, 5) is 24.4. The standard InChI is InChI=1S/C23H28BrN3O4S/c1-4-16-8-9-20(19(24)12-16)31-14-21(28)26-27-23(32)25-22(29)17-6-5-7-18(13-17)30-11-10-15(2)3/h5-9,12-13,15H,4,10-11,14H2,1-3H3,(H,26,28)(H2,25,27,29,32). The summed E-state index contributed by atoms with van der Waals surface area (Å²) >= 11 is 8.49. The average molecular weight is 522 g/mol. The van der Waals surface area contributed by atoms with Gasteiger partial charge in [0.15, 0.2) is 11.7 Å². The zero-order valence-corrected chi connectivity index (χ0v) is 20.8. The maximum absolute atomic E-state index is 12.4. The van der Waals surface area contributed by atoms with Gasteiger partial charge in [0.2, 0.25) is 0 Å². The number of hydrogen-bond acceptors (Lipinski definition) is 5. The van der Waals surface area contributed by atoms with Gasteiger partial charge >= 0.3 is 0 Å². The molecule has 9 heteroatoms. The molecule has 0 spiro atoms. The van der Waals surface area contributed by atoms with Gasteiger partial charge < -0.3 is 9.47 Å². The van der Waals surface area contributed by atoms with E-state index < -0.39 is 11.8 Å². The third-order valence-corrected chi connectivity index (χ3v) is 5.19. The van der Waals surface area contributed by atoms with Crippen LogP contribution in [0.1, 0.15) is 43.1 Å². The maximum Gasteiger partial charge on any atom is 0.276 e. The number of rotatable bonds is 9. The van der Waals surface area contributed by atoms with Crippen LogP contribution in [0.2, 0.25) is 0 Å².